The summed E-state index contributed by atoms with van der Waals surface area (Å²) < 4.78 is 4.78. The minimum atomic E-state index is -0.612. The van der Waals surface area contributed by atoms with Crippen molar-refractivity contribution in [2.24, 2.45) is 0 Å². The van der Waals surface area contributed by atoms with E-state index in [1.165, 1.54) is 4.80 Å². The van der Waals surface area contributed by atoms with Gasteiger partial charge >= 0.3 is 5.97 Å². The summed E-state index contributed by atoms with van der Waals surface area (Å²) in [6.07, 6.45) is 0. The van der Waals surface area contributed by atoms with Crippen LogP contribution in [0.1, 0.15) is 28.7 Å². The molecule has 0 aliphatic rings. The smallest absolute Gasteiger partial charge is 0.380 e. The van der Waals surface area contributed by atoms with Gasteiger partial charge in [-0.15, -0.1) is 15.0 Å². The van der Waals surface area contributed by atoms with E-state index in [-0.39, 0.29) is 12.4 Å². The van der Waals surface area contributed by atoms with Crippen LogP contribution in [0.2, 0.25) is 0 Å². The van der Waals surface area contributed by atoms with Gasteiger partial charge in [-0.3, -0.25) is 0 Å². The number of nitrogens with zero attached hydrogens (tertiary/aromatic N) is 5. The van der Waals surface area contributed by atoms with Crippen LogP contribution >= 0.6 is 0 Å². The number of carbonyl (C=O) groups excluding carboxylic acids is 1. The molecule has 2 aromatic rings. The number of aryl methyl sites for hydroxylation is 1. The van der Waals surface area contributed by atoms with Crippen LogP contribution in [0.5, 0.6) is 0 Å². The first-order valence-corrected chi connectivity index (χ1v) is 5.64. The van der Waals surface area contributed by atoms with Gasteiger partial charge in [0, 0.05) is 0 Å². The molecular weight excluding hydrogens is 246 g/mol. The molecule has 1 heterocycles. The zero-order valence-corrected chi connectivity index (χ0v) is 10.5. The minimum Gasteiger partial charge on any atom is -0.460 e. The number of nitriles is 1. The van der Waals surface area contributed by atoms with Crippen LogP contribution in [0.3, 0.4) is 0 Å². The molecule has 0 aliphatic heterocycles. The second kappa shape index (κ2) is 5.27. The summed E-state index contributed by atoms with van der Waals surface area (Å²) in [7, 11) is 0. The highest BCUT2D eigenvalue weighted by atomic mass is 16.5. The van der Waals surface area contributed by atoms with Gasteiger partial charge in [-0.05, 0) is 42.8 Å². The van der Waals surface area contributed by atoms with E-state index >= 15 is 0 Å². The molecule has 0 aliphatic carbocycles. The van der Waals surface area contributed by atoms with Gasteiger partial charge < -0.3 is 4.74 Å². The van der Waals surface area contributed by atoms with Crippen molar-refractivity contribution in [1.29, 1.82) is 5.26 Å². The Morgan fingerprint density at radius 2 is 2.32 bits per heavy atom. The Morgan fingerprint density at radius 3 is 2.95 bits per heavy atom. The molecule has 0 N–H and O–H groups in total. The summed E-state index contributed by atoms with van der Waals surface area (Å²) in [6.45, 7) is 3.76. The van der Waals surface area contributed by atoms with Crippen molar-refractivity contribution in [3.05, 3.63) is 35.2 Å². The molecule has 0 amide bonds. The molecule has 19 heavy (non-hydrogen) atoms. The predicted octanol–water partition coefficient (Wildman–Crippen LogP) is 1.02. The van der Waals surface area contributed by atoms with Crippen molar-refractivity contribution >= 4 is 5.97 Å². The van der Waals surface area contributed by atoms with Crippen LogP contribution in [0, 0.1) is 18.3 Å². The molecule has 2 rings (SSSR count). The lowest BCUT2D eigenvalue weighted by Gasteiger charge is -2.01. The Labute approximate surface area is 109 Å². The topological polar surface area (TPSA) is 93.7 Å². The third kappa shape index (κ3) is 2.57. The Hall–Kier alpha value is -2.75. The first-order chi connectivity index (χ1) is 9.15. The number of benzene rings is 1. The molecule has 96 valence electrons. The Balaban J connectivity index is 2.31. The van der Waals surface area contributed by atoms with Crippen molar-refractivity contribution in [2.75, 3.05) is 6.61 Å². The number of aromatic nitrogens is 4. The monoisotopic (exact) mass is 257 g/mol. The van der Waals surface area contributed by atoms with Crippen molar-refractivity contribution < 1.29 is 9.53 Å². The number of tetrazole rings is 1. The zero-order valence-electron chi connectivity index (χ0n) is 10.5. The van der Waals surface area contributed by atoms with Gasteiger partial charge in [-0.1, -0.05) is 0 Å². The average molecular weight is 257 g/mol. The normalized spacial score (nSPS) is 9.95. The van der Waals surface area contributed by atoms with E-state index < -0.39 is 5.97 Å². The fourth-order valence-electron chi connectivity index (χ4n) is 1.50. The molecule has 1 aromatic heterocycles. The van der Waals surface area contributed by atoms with Crippen LogP contribution in [0.4, 0.5) is 0 Å². The maximum atomic E-state index is 11.4. The van der Waals surface area contributed by atoms with E-state index in [9.17, 15) is 4.79 Å². The van der Waals surface area contributed by atoms with Crippen molar-refractivity contribution in [1.82, 2.24) is 20.2 Å². The highest BCUT2D eigenvalue weighted by Gasteiger charge is 2.14. The number of rotatable bonds is 3. The lowest BCUT2D eigenvalue weighted by Crippen LogP contribution is -2.07. The molecule has 0 bridgehead atoms. The Morgan fingerprint density at radius 1 is 1.53 bits per heavy atom. The fraction of sp³-hybridized carbons (Fsp3) is 0.250. The molecule has 0 spiro atoms. The first kappa shape index (κ1) is 12.7. The van der Waals surface area contributed by atoms with E-state index in [0.717, 1.165) is 5.56 Å². The van der Waals surface area contributed by atoms with Crippen LogP contribution in [-0.2, 0) is 4.74 Å². The van der Waals surface area contributed by atoms with Crippen molar-refractivity contribution in [3.8, 4) is 11.8 Å². The molecule has 1 aromatic carbocycles. The van der Waals surface area contributed by atoms with Crippen LogP contribution in [0.25, 0.3) is 5.69 Å². The van der Waals surface area contributed by atoms with E-state index in [4.69, 9.17) is 10.00 Å². The van der Waals surface area contributed by atoms with Gasteiger partial charge in [-0.25, -0.2) is 4.79 Å². The molecule has 7 nitrogen and oxygen atoms in total. The quantitative estimate of drug-likeness (QED) is 0.762. The van der Waals surface area contributed by atoms with E-state index in [1.807, 2.05) is 6.92 Å². The number of esters is 1. The summed E-state index contributed by atoms with van der Waals surface area (Å²) in [5.74, 6) is -0.706. The van der Waals surface area contributed by atoms with Crippen LogP contribution in [-0.4, -0.2) is 32.8 Å². The SMILES string of the molecule is CCOC(=O)c1nnn(-c2ccc(C#N)c(C)c2)n1. The standard InChI is InChI=1S/C12H11N5O2/c1-3-19-12(18)11-14-16-17(15-11)10-5-4-9(7-13)8(2)6-10/h4-6H,3H2,1-2H3. The predicted molar refractivity (Wildman–Crippen MR) is 64.6 cm³/mol. The number of carbonyl (C=O) groups is 1. The van der Waals surface area contributed by atoms with Gasteiger partial charge in [0.15, 0.2) is 0 Å². The third-order valence-electron chi connectivity index (χ3n) is 2.43. The molecular formula is C12H11N5O2. The van der Waals surface area contributed by atoms with Crippen LogP contribution in [0.15, 0.2) is 18.2 Å². The second-order valence-corrected chi connectivity index (χ2v) is 3.73. The Bertz CT molecular complexity index is 656. The molecule has 7 heteroatoms. The van der Waals surface area contributed by atoms with Crippen molar-refractivity contribution in [2.45, 2.75) is 13.8 Å². The number of hydrogen-bond acceptors (Lipinski definition) is 6. The minimum absolute atomic E-state index is 0.0936. The largest absolute Gasteiger partial charge is 0.460 e. The number of ether oxygens (including phenoxy) is 1. The lowest BCUT2D eigenvalue weighted by molar-refractivity contribution is 0.0512. The molecule has 0 fully saturated rings. The maximum absolute atomic E-state index is 11.4. The van der Waals surface area contributed by atoms with Gasteiger partial charge in [0.1, 0.15) is 0 Å². The zero-order chi connectivity index (χ0) is 13.8. The van der Waals surface area contributed by atoms with E-state index in [0.29, 0.717) is 11.3 Å². The average Bonchev–Trinajstić information content (AvgIpc) is 2.88. The second-order valence-electron chi connectivity index (χ2n) is 3.73. The summed E-state index contributed by atoms with van der Waals surface area (Å²) in [6, 6.07) is 7.17. The van der Waals surface area contributed by atoms with Gasteiger partial charge in [-0.2, -0.15) is 5.26 Å². The molecule has 0 radical (unpaired) electrons. The maximum Gasteiger partial charge on any atom is 0.380 e. The summed E-state index contributed by atoms with van der Waals surface area (Å²) in [5, 5.41) is 20.2. The van der Waals surface area contributed by atoms with Gasteiger partial charge in [0.25, 0.3) is 5.82 Å². The molecule has 0 saturated heterocycles. The van der Waals surface area contributed by atoms with Crippen LogP contribution < -0.4 is 0 Å². The van der Waals surface area contributed by atoms with E-state index in [1.54, 1.807) is 25.1 Å². The molecule has 0 atom stereocenters. The molecule has 0 unspecified atom stereocenters. The highest BCUT2D eigenvalue weighted by Crippen LogP contribution is 2.12. The van der Waals surface area contributed by atoms with Gasteiger partial charge in [0.05, 0.1) is 23.9 Å². The van der Waals surface area contributed by atoms with E-state index in [2.05, 4.69) is 21.5 Å². The highest BCUT2D eigenvalue weighted by molar-refractivity contribution is 5.84. The molecule has 0 saturated carbocycles. The summed E-state index contributed by atoms with van der Waals surface area (Å²) >= 11 is 0. The summed E-state index contributed by atoms with van der Waals surface area (Å²) in [5.41, 5.74) is 2.00. The fourth-order valence-corrected chi connectivity index (χ4v) is 1.50. The number of hydrogen-bond donors (Lipinski definition) is 0. The summed E-state index contributed by atoms with van der Waals surface area (Å²) in [4.78, 5) is 12.6. The lowest BCUT2D eigenvalue weighted by atomic mass is 10.1. The van der Waals surface area contributed by atoms with Gasteiger partial charge in [0.2, 0.25) is 0 Å². The van der Waals surface area contributed by atoms with Crippen molar-refractivity contribution in [3.63, 3.8) is 0 Å². The first-order valence-electron chi connectivity index (χ1n) is 5.64. The third-order valence-corrected chi connectivity index (χ3v) is 2.43. The Kier molecular flexibility index (Phi) is 3.52.